The molecule has 0 saturated heterocycles. The molecular weight excluding hydrogens is 686 g/mol. The molecule has 0 heterocycles. The van der Waals surface area contributed by atoms with Crippen molar-refractivity contribution in [3.8, 4) is 0 Å². The van der Waals surface area contributed by atoms with Crippen LogP contribution in [-0.4, -0.2) is 58.2 Å². The summed E-state index contributed by atoms with van der Waals surface area (Å²) in [4.78, 5) is 2.37. The molecule has 0 saturated carbocycles. The minimum atomic E-state index is -0.0417. The Morgan fingerprint density at radius 1 is 0.540 bits per heavy atom. The molecule has 3 unspecified atom stereocenters. The highest BCUT2D eigenvalue weighted by Crippen LogP contribution is 2.18. The molecule has 3 atom stereocenters. The molecule has 7 heteroatoms. The van der Waals surface area contributed by atoms with Crippen LogP contribution in [0.2, 0.25) is 0 Å². The molecule has 4 aromatic rings. The van der Waals surface area contributed by atoms with E-state index < -0.39 is 0 Å². The van der Waals surface area contributed by atoms with Crippen LogP contribution in [0.5, 0.6) is 0 Å². The zero-order chi connectivity index (χ0) is 37.1. The zero-order valence-corrected chi connectivity index (χ0v) is 32.8. The van der Waals surface area contributed by atoms with Gasteiger partial charge in [0.1, 0.15) is 0 Å². The summed E-state index contributed by atoms with van der Waals surface area (Å²) in [6, 6.07) is 41.8. The van der Waals surface area contributed by atoms with Crippen LogP contribution >= 0.6 is 15.9 Å². The van der Waals surface area contributed by atoms with Gasteiger partial charge in [0.15, 0.2) is 0 Å². The van der Waals surface area contributed by atoms with E-state index in [0.717, 1.165) is 25.0 Å². The quantitative estimate of drug-likeness (QED) is 0.0789. The number of hydrogen-bond acceptors (Lipinski definition) is 6. The summed E-state index contributed by atoms with van der Waals surface area (Å²) < 4.78 is 0. The maximum absolute atomic E-state index is 9.78. The van der Waals surface area contributed by atoms with Gasteiger partial charge in [-0.15, -0.1) is 0 Å². The number of hydrogen-bond donors (Lipinski definition) is 5. The number of aliphatic hydroxyl groups excluding tert-OH is 3. The summed E-state index contributed by atoms with van der Waals surface area (Å²) in [6.45, 7) is 15.6. The minimum absolute atomic E-state index is 0.0417. The highest BCUT2D eigenvalue weighted by Gasteiger charge is 2.21. The number of nitrogens with two attached hydrogens (primary N) is 1. The van der Waals surface area contributed by atoms with Gasteiger partial charge in [-0.3, -0.25) is 4.90 Å². The van der Waals surface area contributed by atoms with Gasteiger partial charge in [-0.05, 0) is 40.0 Å². The van der Waals surface area contributed by atoms with Crippen LogP contribution in [-0.2, 0) is 25.0 Å². The summed E-state index contributed by atoms with van der Waals surface area (Å²) in [5, 5.41) is 31.6. The Labute approximate surface area is 311 Å². The van der Waals surface area contributed by atoms with Crippen molar-refractivity contribution in [1.29, 1.82) is 0 Å². The third-order valence-electron chi connectivity index (χ3n) is 8.36. The van der Waals surface area contributed by atoms with Crippen molar-refractivity contribution in [2.45, 2.75) is 84.6 Å². The van der Waals surface area contributed by atoms with E-state index in [2.05, 4.69) is 127 Å². The topological polar surface area (TPSA) is 102 Å². The fourth-order valence-electron chi connectivity index (χ4n) is 4.81. The zero-order valence-electron chi connectivity index (χ0n) is 31.2. The largest absolute Gasteiger partial charge is 0.395 e. The SMILES string of the molecule is BrCc1ccccc1.CC(C)C(CO)N(Cc1ccccc1)Cc1ccccc1.CC(C)C(CO)NCc1ccccc1.CC(C)C(N)CO. The second-order valence-corrected chi connectivity index (χ2v) is 14.0. The molecule has 0 radical (unpaired) electrons. The molecule has 0 aliphatic rings. The molecule has 6 N–H and O–H groups in total. The van der Waals surface area contributed by atoms with Gasteiger partial charge in [0.25, 0.3) is 0 Å². The van der Waals surface area contributed by atoms with E-state index in [1.165, 1.54) is 22.3 Å². The van der Waals surface area contributed by atoms with Crippen LogP contribution < -0.4 is 11.1 Å². The lowest BCUT2D eigenvalue weighted by atomic mass is 10.0. The first kappa shape index (κ1) is 45.1. The van der Waals surface area contributed by atoms with E-state index in [-0.39, 0.29) is 37.9 Å². The predicted molar refractivity (Wildman–Crippen MR) is 216 cm³/mol. The summed E-state index contributed by atoms with van der Waals surface area (Å²) in [5.74, 6) is 1.27. The fourth-order valence-corrected chi connectivity index (χ4v) is 5.18. The Hall–Kier alpha value is -2.88. The second kappa shape index (κ2) is 27.8. The molecule has 0 fully saturated rings. The number of alkyl halides is 1. The van der Waals surface area contributed by atoms with Gasteiger partial charge < -0.3 is 26.4 Å². The van der Waals surface area contributed by atoms with Crippen LogP contribution in [0.25, 0.3) is 0 Å². The van der Waals surface area contributed by atoms with Crippen molar-refractivity contribution in [1.82, 2.24) is 10.2 Å². The maximum Gasteiger partial charge on any atom is 0.0589 e. The molecule has 276 valence electrons. The number of aliphatic hydroxyl groups is 3. The van der Waals surface area contributed by atoms with Crippen molar-refractivity contribution in [2.24, 2.45) is 23.5 Å². The number of nitrogens with one attached hydrogen (secondary N) is 1. The van der Waals surface area contributed by atoms with Crippen molar-refractivity contribution < 1.29 is 15.3 Å². The Kier molecular flexibility index (Phi) is 25.1. The van der Waals surface area contributed by atoms with Gasteiger partial charge in [0.05, 0.1) is 19.8 Å². The first-order chi connectivity index (χ1) is 24.1. The van der Waals surface area contributed by atoms with Crippen molar-refractivity contribution in [3.63, 3.8) is 0 Å². The molecule has 4 rings (SSSR count). The van der Waals surface area contributed by atoms with Crippen molar-refractivity contribution in [2.75, 3.05) is 19.8 Å². The summed E-state index contributed by atoms with van der Waals surface area (Å²) in [6.07, 6.45) is 0. The lowest BCUT2D eigenvalue weighted by Gasteiger charge is -2.33. The molecule has 0 spiro atoms. The Balaban J connectivity index is 0.000000369. The number of rotatable bonds is 15. The van der Waals surface area contributed by atoms with Crippen LogP contribution in [0.4, 0.5) is 0 Å². The third kappa shape index (κ3) is 20.1. The molecule has 4 aromatic carbocycles. The Morgan fingerprint density at radius 3 is 1.20 bits per heavy atom. The van der Waals surface area contributed by atoms with E-state index in [4.69, 9.17) is 15.9 Å². The van der Waals surface area contributed by atoms with Crippen LogP contribution in [0.1, 0.15) is 63.8 Å². The van der Waals surface area contributed by atoms with E-state index in [1.54, 1.807) is 0 Å². The van der Waals surface area contributed by atoms with E-state index in [9.17, 15) is 5.11 Å². The van der Waals surface area contributed by atoms with Crippen LogP contribution in [0.15, 0.2) is 121 Å². The first-order valence-corrected chi connectivity index (χ1v) is 18.9. The molecule has 50 heavy (non-hydrogen) atoms. The van der Waals surface area contributed by atoms with Crippen molar-refractivity contribution in [3.05, 3.63) is 144 Å². The van der Waals surface area contributed by atoms with Crippen molar-refractivity contribution >= 4 is 15.9 Å². The Bertz CT molecular complexity index is 1270. The monoisotopic (exact) mass is 749 g/mol. The summed E-state index contributed by atoms with van der Waals surface area (Å²) >= 11 is 3.36. The molecule has 0 aromatic heterocycles. The minimum Gasteiger partial charge on any atom is -0.395 e. The number of halogens is 1. The van der Waals surface area contributed by atoms with Gasteiger partial charge in [-0.1, -0.05) is 179 Å². The van der Waals surface area contributed by atoms with Gasteiger partial charge in [0.2, 0.25) is 0 Å². The maximum atomic E-state index is 9.78. The highest BCUT2D eigenvalue weighted by molar-refractivity contribution is 9.08. The molecule has 0 aliphatic heterocycles. The van der Waals surface area contributed by atoms with Crippen LogP contribution in [0, 0.1) is 17.8 Å². The van der Waals surface area contributed by atoms with E-state index in [0.29, 0.717) is 17.8 Å². The predicted octanol–water partition coefficient (Wildman–Crippen LogP) is 8.04. The molecule has 6 nitrogen and oxygen atoms in total. The highest BCUT2D eigenvalue weighted by atomic mass is 79.9. The molecule has 0 amide bonds. The first-order valence-electron chi connectivity index (χ1n) is 17.8. The van der Waals surface area contributed by atoms with Gasteiger partial charge in [0, 0.05) is 43.1 Å². The average molecular weight is 751 g/mol. The molecule has 0 aliphatic carbocycles. The Morgan fingerprint density at radius 2 is 0.940 bits per heavy atom. The normalized spacial score (nSPS) is 12.6. The van der Waals surface area contributed by atoms with Gasteiger partial charge in [-0.2, -0.15) is 0 Å². The summed E-state index contributed by atoms with van der Waals surface area (Å²) in [7, 11) is 0. The average Bonchev–Trinajstić information content (AvgIpc) is 3.14. The van der Waals surface area contributed by atoms with Crippen LogP contribution in [0.3, 0.4) is 0 Å². The lowest BCUT2D eigenvalue weighted by molar-refractivity contribution is 0.0784. The standard InChI is InChI=1S/C19H25NO.C12H19NO.C7H7Br.C5H13NO/c1-16(2)19(15-21)20(13-17-9-5-3-6-10-17)14-18-11-7-4-8-12-18;1-10(2)12(9-14)13-8-11-6-4-3-5-7-11;8-6-7-4-2-1-3-5-7;1-4(2)5(6)3-7/h3-12,16,19,21H,13-15H2,1-2H3;3-7,10,12-14H,8-9H2,1-2H3;1-5H,6H2;4-5,7H,3,6H2,1-2H3. The molecule has 0 bridgehead atoms. The van der Waals surface area contributed by atoms with E-state index >= 15 is 0 Å². The van der Waals surface area contributed by atoms with Gasteiger partial charge >= 0.3 is 0 Å². The summed E-state index contributed by atoms with van der Waals surface area (Å²) in [5.41, 5.74) is 10.5. The number of benzene rings is 4. The smallest absolute Gasteiger partial charge is 0.0589 e. The fraction of sp³-hybridized carbons (Fsp3) is 0.442. The third-order valence-corrected chi connectivity index (χ3v) is 9.01. The van der Waals surface area contributed by atoms with Gasteiger partial charge in [-0.25, -0.2) is 0 Å². The second-order valence-electron chi connectivity index (χ2n) is 13.5. The number of nitrogens with zero attached hydrogens (tertiary/aromatic N) is 1. The molecular formula is C43H64BrN3O3. The van der Waals surface area contributed by atoms with E-state index in [1.807, 2.05) is 62.4 Å². The lowest BCUT2D eigenvalue weighted by Crippen LogP contribution is -2.40.